The molecule has 0 aliphatic carbocycles. The average Bonchev–Trinajstić information content (AvgIpc) is 3.09. The minimum absolute atomic E-state index is 0.0673. The van der Waals surface area contributed by atoms with E-state index in [1.54, 1.807) is 12.5 Å². The number of hydrogen-bond acceptors (Lipinski definition) is 6. The van der Waals surface area contributed by atoms with Crippen molar-refractivity contribution in [2.24, 2.45) is 0 Å². The van der Waals surface area contributed by atoms with Crippen LogP contribution in [0.5, 0.6) is 5.75 Å². The van der Waals surface area contributed by atoms with Gasteiger partial charge in [0.25, 0.3) is 5.91 Å². The molecule has 2 rings (SSSR count). The van der Waals surface area contributed by atoms with E-state index in [9.17, 15) is 9.59 Å². The Kier molecular flexibility index (Phi) is 7.21. The van der Waals surface area contributed by atoms with Crippen LogP contribution in [0.2, 0.25) is 0 Å². The van der Waals surface area contributed by atoms with Crippen LogP contribution in [-0.4, -0.2) is 37.0 Å². The Hall–Kier alpha value is -2.61. The van der Waals surface area contributed by atoms with Crippen LogP contribution in [0.4, 0.5) is 10.8 Å². The molecule has 3 N–H and O–H groups in total. The van der Waals surface area contributed by atoms with Crippen LogP contribution in [0.3, 0.4) is 0 Å². The molecular formula is C17H22N4O3S. The van der Waals surface area contributed by atoms with Gasteiger partial charge in [-0.1, -0.05) is 6.92 Å². The number of carbonyl (C=O) groups excluding carboxylic acids is 2. The van der Waals surface area contributed by atoms with Gasteiger partial charge in [0.05, 0.1) is 7.11 Å². The topological polar surface area (TPSA) is 92.4 Å². The van der Waals surface area contributed by atoms with Gasteiger partial charge in [0.15, 0.2) is 5.13 Å². The van der Waals surface area contributed by atoms with E-state index in [1.165, 1.54) is 11.3 Å². The number of rotatable bonds is 9. The molecule has 25 heavy (non-hydrogen) atoms. The van der Waals surface area contributed by atoms with E-state index in [4.69, 9.17) is 4.74 Å². The van der Waals surface area contributed by atoms with Crippen LogP contribution >= 0.6 is 11.3 Å². The zero-order valence-electron chi connectivity index (χ0n) is 14.3. The molecule has 0 atom stereocenters. The van der Waals surface area contributed by atoms with Crippen molar-refractivity contribution in [2.75, 3.05) is 25.5 Å². The molecule has 0 spiro atoms. The second kappa shape index (κ2) is 9.63. The number of nitrogens with zero attached hydrogens (tertiary/aromatic N) is 1. The molecule has 0 fully saturated rings. The van der Waals surface area contributed by atoms with E-state index in [1.807, 2.05) is 31.2 Å². The van der Waals surface area contributed by atoms with Crippen molar-refractivity contribution in [3.05, 3.63) is 35.3 Å². The number of methoxy groups -OCH3 is 1. The maximum atomic E-state index is 12.0. The fourth-order valence-corrected chi connectivity index (χ4v) is 2.68. The highest BCUT2D eigenvalue weighted by molar-refractivity contribution is 7.14. The first-order valence-electron chi connectivity index (χ1n) is 8.04. The Bertz CT molecular complexity index is 700. The third kappa shape index (κ3) is 6.07. The summed E-state index contributed by atoms with van der Waals surface area (Å²) in [6, 6.07) is 7.42. The zero-order valence-corrected chi connectivity index (χ0v) is 15.1. The Morgan fingerprint density at radius 2 is 1.92 bits per heavy atom. The molecule has 7 nitrogen and oxygen atoms in total. The predicted molar refractivity (Wildman–Crippen MR) is 98.6 cm³/mol. The first kappa shape index (κ1) is 18.7. The van der Waals surface area contributed by atoms with Crippen molar-refractivity contribution in [1.82, 2.24) is 15.6 Å². The van der Waals surface area contributed by atoms with Crippen molar-refractivity contribution < 1.29 is 14.3 Å². The zero-order chi connectivity index (χ0) is 18.1. The molecule has 2 amide bonds. The molecule has 1 aromatic carbocycles. The molecule has 2 aromatic rings. The summed E-state index contributed by atoms with van der Waals surface area (Å²) in [7, 11) is 1.61. The number of thiazole rings is 1. The van der Waals surface area contributed by atoms with Crippen LogP contribution in [-0.2, 0) is 4.79 Å². The van der Waals surface area contributed by atoms with Gasteiger partial charge in [-0.25, -0.2) is 4.98 Å². The van der Waals surface area contributed by atoms with E-state index in [0.29, 0.717) is 17.4 Å². The first-order chi connectivity index (χ1) is 12.1. The summed E-state index contributed by atoms with van der Waals surface area (Å²) in [5.41, 5.74) is 1.18. The van der Waals surface area contributed by atoms with Crippen molar-refractivity contribution in [3.63, 3.8) is 0 Å². The number of benzene rings is 1. The van der Waals surface area contributed by atoms with Gasteiger partial charge < -0.3 is 20.7 Å². The van der Waals surface area contributed by atoms with Gasteiger partial charge in [0, 0.05) is 30.6 Å². The first-order valence-corrected chi connectivity index (χ1v) is 8.92. The van der Waals surface area contributed by atoms with Gasteiger partial charge in [-0.05, 0) is 30.7 Å². The highest BCUT2D eigenvalue weighted by atomic mass is 32.1. The molecule has 0 saturated heterocycles. The predicted octanol–water partition coefficient (Wildman–Crippen LogP) is 2.54. The minimum Gasteiger partial charge on any atom is -0.497 e. The fourth-order valence-electron chi connectivity index (χ4n) is 1.97. The van der Waals surface area contributed by atoms with Crippen molar-refractivity contribution in [2.45, 2.75) is 19.8 Å². The Labute approximate surface area is 150 Å². The van der Waals surface area contributed by atoms with Crippen molar-refractivity contribution >= 4 is 34.0 Å². The van der Waals surface area contributed by atoms with Gasteiger partial charge in [-0.2, -0.15) is 0 Å². The summed E-state index contributed by atoms with van der Waals surface area (Å²) in [4.78, 5) is 27.8. The number of nitrogens with one attached hydrogen (secondary N) is 3. The standard InChI is InChI=1S/C17H22N4O3S/c1-3-9-18-15(22)8-10-19-16(23)14-11-25-17(21-14)20-12-4-6-13(24-2)7-5-12/h4-7,11H,3,8-10H2,1-2H3,(H,18,22)(H,19,23)(H,20,21). The second-order valence-electron chi connectivity index (χ2n) is 5.25. The largest absolute Gasteiger partial charge is 0.497 e. The van der Waals surface area contributed by atoms with Gasteiger partial charge in [-0.15, -0.1) is 11.3 Å². The van der Waals surface area contributed by atoms with Gasteiger partial charge in [0.2, 0.25) is 5.91 Å². The van der Waals surface area contributed by atoms with Crippen LogP contribution in [0.1, 0.15) is 30.3 Å². The number of anilines is 2. The Balaban J connectivity index is 1.81. The van der Waals surface area contributed by atoms with Gasteiger partial charge in [-0.3, -0.25) is 9.59 Å². The summed E-state index contributed by atoms with van der Waals surface area (Å²) < 4.78 is 5.11. The number of hydrogen-bond donors (Lipinski definition) is 3. The maximum Gasteiger partial charge on any atom is 0.270 e. The number of aromatic nitrogens is 1. The molecule has 8 heteroatoms. The SMILES string of the molecule is CCCNC(=O)CCNC(=O)c1csc(Nc2ccc(OC)cc2)n1. The van der Waals surface area contributed by atoms with Crippen LogP contribution < -0.4 is 20.7 Å². The van der Waals surface area contributed by atoms with E-state index in [2.05, 4.69) is 20.9 Å². The highest BCUT2D eigenvalue weighted by Gasteiger charge is 2.11. The lowest BCUT2D eigenvalue weighted by Crippen LogP contribution is -2.31. The number of ether oxygens (including phenoxy) is 1. The van der Waals surface area contributed by atoms with Gasteiger partial charge in [0.1, 0.15) is 11.4 Å². The summed E-state index contributed by atoms with van der Waals surface area (Å²) >= 11 is 1.34. The molecule has 134 valence electrons. The lowest BCUT2D eigenvalue weighted by atomic mass is 10.3. The summed E-state index contributed by atoms with van der Waals surface area (Å²) in [6.07, 6.45) is 1.15. The van der Waals surface area contributed by atoms with Gasteiger partial charge >= 0.3 is 0 Å². The molecule has 0 bridgehead atoms. The third-order valence-electron chi connectivity index (χ3n) is 3.29. The van der Waals surface area contributed by atoms with E-state index in [0.717, 1.165) is 17.9 Å². The lowest BCUT2D eigenvalue weighted by molar-refractivity contribution is -0.120. The number of carbonyl (C=O) groups is 2. The summed E-state index contributed by atoms with van der Waals surface area (Å²) in [5, 5.41) is 10.9. The van der Waals surface area contributed by atoms with E-state index >= 15 is 0 Å². The monoisotopic (exact) mass is 362 g/mol. The number of amides is 2. The highest BCUT2D eigenvalue weighted by Crippen LogP contribution is 2.22. The minimum atomic E-state index is -0.290. The average molecular weight is 362 g/mol. The smallest absolute Gasteiger partial charge is 0.270 e. The molecular weight excluding hydrogens is 340 g/mol. The molecule has 0 saturated carbocycles. The van der Waals surface area contributed by atoms with Crippen LogP contribution in [0, 0.1) is 0 Å². The second-order valence-corrected chi connectivity index (χ2v) is 6.11. The molecule has 0 unspecified atom stereocenters. The van der Waals surface area contributed by atoms with Crippen molar-refractivity contribution in [1.29, 1.82) is 0 Å². The van der Waals surface area contributed by atoms with E-state index < -0.39 is 0 Å². The summed E-state index contributed by atoms with van der Waals surface area (Å²) in [6.45, 7) is 2.92. The molecule has 0 aliphatic rings. The molecule has 1 heterocycles. The van der Waals surface area contributed by atoms with E-state index in [-0.39, 0.29) is 24.8 Å². The Morgan fingerprint density at radius 3 is 2.60 bits per heavy atom. The lowest BCUT2D eigenvalue weighted by Gasteiger charge is -2.05. The molecule has 1 aromatic heterocycles. The van der Waals surface area contributed by atoms with Crippen LogP contribution in [0.25, 0.3) is 0 Å². The quantitative estimate of drug-likeness (QED) is 0.637. The molecule has 0 aliphatic heterocycles. The molecule has 0 radical (unpaired) electrons. The maximum absolute atomic E-state index is 12.0. The fraction of sp³-hybridized carbons (Fsp3) is 0.353. The van der Waals surface area contributed by atoms with Crippen LogP contribution in [0.15, 0.2) is 29.6 Å². The Morgan fingerprint density at radius 1 is 1.16 bits per heavy atom. The normalized spacial score (nSPS) is 10.2. The third-order valence-corrected chi connectivity index (χ3v) is 4.05. The van der Waals surface area contributed by atoms with Crippen molar-refractivity contribution in [3.8, 4) is 5.75 Å². The summed E-state index contributed by atoms with van der Waals surface area (Å²) in [5.74, 6) is 0.414.